The second-order valence-corrected chi connectivity index (χ2v) is 15.7. The normalized spacial score (nSPS) is 26.2. The van der Waals surface area contributed by atoms with Crippen molar-refractivity contribution in [2.75, 3.05) is 18.4 Å². The fraction of sp³-hybridized carbons (Fsp3) is 0.622. The van der Waals surface area contributed by atoms with E-state index in [2.05, 4.69) is 37.2 Å². The molecule has 304 valence electrons. The summed E-state index contributed by atoms with van der Waals surface area (Å²) in [6.45, 7) is 11.5. The van der Waals surface area contributed by atoms with Crippen LogP contribution in [0.4, 0.5) is 5.69 Å². The molecular formula is C37H56N8O10. The number of carbonyl (C=O) groups excluding carboxylic acids is 7. The second-order valence-electron chi connectivity index (χ2n) is 15.7. The number of rotatable bonds is 6. The van der Waals surface area contributed by atoms with Gasteiger partial charge in [0.1, 0.15) is 24.2 Å². The quantitative estimate of drug-likeness (QED) is 0.168. The van der Waals surface area contributed by atoms with Crippen molar-refractivity contribution in [3.05, 3.63) is 29.8 Å². The Bertz CT molecular complexity index is 1610. The predicted molar refractivity (Wildman–Crippen MR) is 200 cm³/mol. The van der Waals surface area contributed by atoms with Gasteiger partial charge < -0.3 is 47.4 Å². The highest BCUT2D eigenvalue weighted by atomic mass is 16.4. The topological polar surface area (TPSA) is 264 Å². The number of fused-ring (bicyclic) bond motifs is 3. The lowest BCUT2D eigenvalue weighted by Crippen LogP contribution is -2.64. The van der Waals surface area contributed by atoms with E-state index in [4.69, 9.17) is 0 Å². The molecule has 3 rings (SSSR count). The minimum absolute atomic E-state index is 0.0872. The van der Waals surface area contributed by atoms with E-state index in [1.54, 1.807) is 70.7 Å². The molecule has 18 nitrogen and oxygen atoms in total. The van der Waals surface area contributed by atoms with E-state index in [-0.39, 0.29) is 18.8 Å². The highest BCUT2D eigenvalue weighted by molar-refractivity contribution is 5.98. The third kappa shape index (κ3) is 13.6. The smallest absolute Gasteiger partial charge is 0.305 e. The second kappa shape index (κ2) is 19.5. The van der Waals surface area contributed by atoms with Gasteiger partial charge in [0.05, 0.1) is 37.6 Å². The minimum Gasteiger partial charge on any atom is -0.481 e. The van der Waals surface area contributed by atoms with Gasteiger partial charge >= 0.3 is 5.97 Å². The van der Waals surface area contributed by atoms with Gasteiger partial charge in [-0.05, 0) is 84.0 Å². The Hall–Kier alpha value is -5.10. The zero-order valence-corrected chi connectivity index (χ0v) is 32.5. The van der Waals surface area contributed by atoms with Crippen LogP contribution in [0.2, 0.25) is 0 Å². The molecule has 2 heterocycles. The van der Waals surface area contributed by atoms with E-state index >= 15 is 0 Å². The molecule has 1 aromatic rings. The molecular weight excluding hydrogens is 716 g/mol. The van der Waals surface area contributed by atoms with Crippen LogP contribution >= 0.6 is 0 Å². The molecule has 0 unspecified atom stereocenters. The third-order valence-corrected chi connectivity index (χ3v) is 9.00. The van der Waals surface area contributed by atoms with Crippen molar-refractivity contribution in [3.63, 3.8) is 0 Å². The molecule has 0 spiro atoms. The number of hydrogen-bond acceptors (Lipinski definition) is 10. The lowest BCUT2D eigenvalue weighted by atomic mass is 10.0. The summed E-state index contributed by atoms with van der Waals surface area (Å²) in [5, 5.41) is 38.4. The van der Waals surface area contributed by atoms with Crippen LogP contribution in [0.25, 0.3) is 0 Å². The summed E-state index contributed by atoms with van der Waals surface area (Å²) in [7, 11) is 0. The van der Waals surface area contributed by atoms with Crippen molar-refractivity contribution < 1.29 is 48.6 Å². The number of hydrogen-bond donors (Lipinski definition) is 9. The monoisotopic (exact) mass is 772 g/mol. The minimum atomic E-state index is -1.74. The number of aliphatic hydroxyl groups excluding tert-OH is 1. The average molecular weight is 773 g/mol. The fourth-order valence-corrected chi connectivity index (χ4v) is 6.58. The number of aliphatic carboxylic acids is 1. The number of carbonyl (C=O) groups is 8. The van der Waals surface area contributed by atoms with E-state index in [9.17, 15) is 48.6 Å². The van der Waals surface area contributed by atoms with Crippen molar-refractivity contribution in [2.45, 2.75) is 128 Å². The van der Waals surface area contributed by atoms with E-state index in [1.807, 2.05) is 0 Å². The van der Waals surface area contributed by atoms with Crippen LogP contribution in [0.3, 0.4) is 0 Å². The molecule has 0 saturated carbocycles. The SMILES string of the molecule is CC(C)C[C@@H]1NC(=O)CNC(=O)Cc2cccc(c2)NC(=O)[C@@H]2CCCN2[C@H](C(=O)NC(C)(C)C)[C@H](C)NC(=O)[C@H]([C@@H](C)O)NC(=O)[C@H](CC(=O)O)NC1=O. The van der Waals surface area contributed by atoms with Gasteiger partial charge in [0.2, 0.25) is 41.4 Å². The Labute approximate surface area is 320 Å². The number of nitrogens with zero attached hydrogens (tertiary/aromatic N) is 1. The maximum Gasteiger partial charge on any atom is 0.305 e. The zero-order chi connectivity index (χ0) is 41.2. The van der Waals surface area contributed by atoms with Gasteiger partial charge in [-0.25, -0.2) is 0 Å². The largest absolute Gasteiger partial charge is 0.481 e. The number of anilines is 1. The van der Waals surface area contributed by atoms with E-state index in [0.717, 1.165) is 0 Å². The van der Waals surface area contributed by atoms with E-state index in [1.165, 1.54) is 6.92 Å². The lowest BCUT2D eigenvalue weighted by Gasteiger charge is -2.37. The maximum absolute atomic E-state index is 13.9. The summed E-state index contributed by atoms with van der Waals surface area (Å²) in [6, 6.07) is -0.952. The highest BCUT2D eigenvalue weighted by Crippen LogP contribution is 2.25. The first kappa shape index (κ1) is 44.3. The van der Waals surface area contributed by atoms with Crippen LogP contribution in [0, 0.1) is 5.92 Å². The molecule has 1 saturated heterocycles. The molecule has 2 bridgehead atoms. The molecule has 1 fully saturated rings. The van der Waals surface area contributed by atoms with Gasteiger partial charge in [-0.1, -0.05) is 26.0 Å². The fourth-order valence-electron chi connectivity index (χ4n) is 6.58. The molecule has 2 aliphatic heterocycles. The van der Waals surface area contributed by atoms with Crippen molar-refractivity contribution in [2.24, 2.45) is 5.92 Å². The van der Waals surface area contributed by atoms with Crippen LogP contribution in [0.15, 0.2) is 24.3 Å². The zero-order valence-electron chi connectivity index (χ0n) is 32.5. The third-order valence-electron chi connectivity index (χ3n) is 9.00. The molecule has 9 N–H and O–H groups in total. The highest BCUT2D eigenvalue weighted by Gasteiger charge is 2.43. The first-order valence-electron chi connectivity index (χ1n) is 18.5. The number of aliphatic hydroxyl groups is 1. The summed E-state index contributed by atoms with van der Waals surface area (Å²) >= 11 is 0. The Balaban J connectivity index is 2.06. The number of carboxylic acids is 1. The van der Waals surface area contributed by atoms with Gasteiger partial charge in [-0.15, -0.1) is 0 Å². The number of amides is 7. The summed E-state index contributed by atoms with van der Waals surface area (Å²) in [6.07, 6.45) is -1.56. The van der Waals surface area contributed by atoms with Gasteiger partial charge in [-0.3, -0.25) is 43.3 Å². The van der Waals surface area contributed by atoms with Gasteiger partial charge in [0.25, 0.3) is 0 Å². The number of benzene rings is 1. The summed E-state index contributed by atoms with van der Waals surface area (Å²) in [5.41, 5.74) is 0.228. The standard InChI is InChI=1S/C37H56N8O10/c1-19(2)14-24-32(51)42-25(17-29(49)50)33(52)43-30(21(4)46)35(54)39-20(3)31(36(55)44-37(5,6)7)45-13-9-12-26(45)34(53)40-23-11-8-10-22(15-23)16-27(47)38-18-28(48)41-24/h8,10-11,15,19-21,24-26,30-31,46H,9,12-14,16-18H2,1-7H3,(H,38,47)(H,39,54)(H,40,53)(H,41,48)(H,42,51)(H,43,52)(H,44,55)(H,49,50)/t20-,21+,24-,25-,26-,30-,31-/m0/s1. The summed E-state index contributed by atoms with van der Waals surface area (Å²) in [5.74, 6) is -6.67. The van der Waals surface area contributed by atoms with Crippen molar-refractivity contribution in [1.29, 1.82) is 0 Å². The first-order valence-corrected chi connectivity index (χ1v) is 18.5. The molecule has 7 amide bonds. The number of nitrogens with one attached hydrogen (secondary N) is 7. The van der Waals surface area contributed by atoms with E-state index < -0.39 is 108 Å². The van der Waals surface area contributed by atoms with Gasteiger partial charge in [0.15, 0.2) is 0 Å². The first-order chi connectivity index (χ1) is 25.6. The average Bonchev–Trinajstić information content (AvgIpc) is 3.53. The Kier molecular flexibility index (Phi) is 15.7. The Morgan fingerprint density at radius 1 is 0.909 bits per heavy atom. The molecule has 7 atom stereocenters. The molecule has 1 aromatic carbocycles. The van der Waals surface area contributed by atoms with E-state index in [0.29, 0.717) is 30.6 Å². The molecule has 0 aromatic heterocycles. The van der Waals surface area contributed by atoms with Gasteiger partial charge in [0, 0.05) is 11.2 Å². The Morgan fingerprint density at radius 3 is 2.20 bits per heavy atom. The Morgan fingerprint density at radius 2 is 1.58 bits per heavy atom. The summed E-state index contributed by atoms with van der Waals surface area (Å²) in [4.78, 5) is 108. The molecule has 0 aliphatic carbocycles. The molecule has 2 aliphatic rings. The maximum atomic E-state index is 13.9. The van der Waals surface area contributed by atoms with Crippen LogP contribution in [0.5, 0.6) is 0 Å². The van der Waals surface area contributed by atoms with Crippen molar-refractivity contribution >= 4 is 53.0 Å². The van der Waals surface area contributed by atoms with Crippen LogP contribution < -0.4 is 37.2 Å². The van der Waals surface area contributed by atoms with Crippen LogP contribution in [-0.2, 0) is 44.8 Å². The molecule has 0 radical (unpaired) electrons. The molecule has 18 heteroatoms. The van der Waals surface area contributed by atoms with Gasteiger partial charge in [-0.2, -0.15) is 0 Å². The molecule has 55 heavy (non-hydrogen) atoms. The lowest BCUT2D eigenvalue weighted by molar-refractivity contribution is -0.141. The van der Waals surface area contributed by atoms with Crippen molar-refractivity contribution in [3.8, 4) is 0 Å². The number of carboxylic acid groups (broad SMARTS) is 1. The summed E-state index contributed by atoms with van der Waals surface area (Å²) < 4.78 is 0. The van der Waals surface area contributed by atoms with Crippen molar-refractivity contribution in [1.82, 2.24) is 36.8 Å². The van der Waals surface area contributed by atoms with Crippen LogP contribution in [-0.4, -0.2) is 123 Å². The van der Waals surface area contributed by atoms with Crippen LogP contribution in [0.1, 0.15) is 79.7 Å². The predicted octanol–water partition coefficient (Wildman–Crippen LogP) is -1.09.